The van der Waals surface area contributed by atoms with E-state index in [1.165, 1.54) is 17.7 Å². The van der Waals surface area contributed by atoms with Gasteiger partial charge in [-0.25, -0.2) is 0 Å². The third kappa shape index (κ3) is 2.11. The van der Waals surface area contributed by atoms with E-state index in [0.717, 1.165) is 22.6 Å². The van der Waals surface area contributed by atoms with Gasteiger partial charge in [-0.3, -0.25) is 0 Å². The lowest BCUT2D eigenvalue weighted by molar-refractivity contribution is 0.531. The molecule has 1 aliphatic rings. The third-order valence-electron chi connectivity index (χ3n) is 2.17. The van der Waals surface area contributed by atoms with Gasteiger partial charge in [0.25, 0.3) is 0 Å². The Morgan fingerprint density at radius 1 is 1.46 bits per heavy atom. The summed E-state index contributed by atoms with van der Waals surface area (Å²) in [5.41, 5.74) is 0. The maximum atomic E-state index is 5.41. The fourth-order valence-electron chi connectivity index (χ4n) is 1.50. The Labute approximate surface area is 95.9 Å². The molecule has 2 heterocycles. The Morgan fingerprint density at radius 3 is 2.69 bits per heavy atom. The molecule has 2 rings (SSSR count). The van der Waals surface area contributed by atoms with E-state index in [-0.39, 0.29) is 0 Å². The topological polar surface area (TPSA) is 3.24 Å². The zero-order chi connectivity index (χ0) is 9.26. The summed E-state index contributed by atoms with van der Waals surface area (Å²) in [5, 5.41) is 2.08. The van der Waals surface area contributed by atoms with E-state index >= 15 is 0 Å². The summed E-state index contributed by atoms with van der Waals surface area (Å²) in [6.07, 6.45) is 2.57. The highest BCUT2D eigenvalue weighted by Gasteiger charge is 2.16. The molecule has 0 bridgehead atoms. The molecule has 70 valence electrons. The van der Waals surface area contributed by atoms with E-state index in [0.29, 0.717) is 0 Å². The Kier molecular flexibility index (Phi) is 3.01. The van der Waals surface area contributed by atoms with Crippen molar-refractivity contribution in [2.75, 3.05) is 13.1 Å². The van der Waals surface area contributed by atoms with Crippen LogP contribution in [0, 0.1) is 0 Å². The predicted molar refractivity (Wildman–Crippen MR) is 64.5 cm³/mol. The molecule has 1 fully saturated rings. The standard InChI is InChI=1S/C9H10BrNS2/c10-7-5-8(13-6-7)9(12)11-3-1-2-4-11/h5-6H,1-4H2. The summed E-state index contributed by atoms with van der Waals surface area (Å²) < 4.78 is 1.13. The third-order valence-corrected chi connectivity index (χ3v) is 4.48. The predicted octanol–water partition coefficient (Wildman–Crippen LogP) is 3.28. The average molecular weight is 276 g/mol. The fraction of sp³-hybridized carbons (Fsp3) is 0.444. The molecule has 13 heavy (non-hydrogen) atoms. The normalized spacial score (nSPS) is 16.5. The number of rotatable bonds is 1. The van der Waals surface area contributed by atoms with E-state index < -0.39 is 0 Å². The molecular weight excluding hydrogens is 266 g/mol. The Bertz CT molecular complexity index is 315. The van der Waals surface area contributed by atoms with Gasteiger partial charge in [0.2, 0.25) is 0 Å². The molecule has 0 N–H and O–H groups in total. The van der Waals surface area contributed by atoms with Crippen molar-refractivity contribution in [2.24, 2.45) is 0 Å². The molecule has 0 unspecified atom stereocenters. The van der Waals surface area contributed by atoms with Crippen molar-refractivity contribution in [3.05, 3.63) is 20.8 Å². The number of hydrogen-bond donors (Lipinski definition) is 0. The van der Waals surface area contributed by atoms with Crippen molar-refractivity contribution in [2.45, 2.75) is 12.8 Å². The van der Waals surface area contributed by atoms with Crippen molar-refractivity contribution >= 4 is 44.5 Å². The lowest BCUT2D eigenvalue weighted by Crippen LogP contribution is -2.25. The van der Waals surface area contributed by atoms with Crippen LogP contribution in [0.3, 0.4) is 0 Å². The number of halogens is 1. The molecule has 0 spiro atoms. The summed E-state index contributed by atoms with van der Waals surface area (Å²) in [4.78, 5) is 4.53. The lowest BCUT2D eigenvalue weighted by Gasteiger charge is -2.16. The van der Waals surface area contributed by atoms with Gasteiger partial charge in [-0.1, -0.05) is 12.2 Å². The van der Waals surface area contributed by atoms with Crippen molar-refractivity contribution in [1.29, 1.82) is 0 Å². The number of hydrogen-bond acceptors (Lipinski definition) is 2. The first-order chi connectivity index (χ1) is 6.27. The maximum Gasteiger partial charge on any atom is 0.119 e. The molecular formula is C9H10BrNS2. The van der Waals surface area contributed by atoms with Crippen LogP contribution in [0.2, 0.25) is 0 Å². The second kappa shape index (κ2) is 4.07. The molecule has 1 aliphatic heterocycles. The van der Waals surface area contributed by atoms with Crippen LogP contribution in [-0.2, 0) is 0 Å². The molecule has 0 saturated carbocycles. The first-order valence-corrected chi connectivity index (χ1v) is 6.39. The minimum Gasteiger partial charge on any atom is -0.362 e. The van der Waals surface area contributed by atoms with Gasteiger partial charge in [0.05, 0.1) is 4.88 Å². The van der Waals surface area contributed by atoms with Gasteiger partial charge < -0.3 is 4.90 Å². The minimum absolute atomic E-state index is 1.02. The maximum absolute atomic E-state index is 5.41. The highest BCUT2D eigenvalue weighted by Crippen LogP contribution is 2.23. The fourth-order valence-corrected chi connectivity index (χ4v) is 3.28. The van der Waals surface area contributed by atoms with E-state index in [9.17, 15) is 0 Å². The summed E-state index contributed by atoms with van der Waals surface area (Å²) in [5.74, 6) is 0. The average Bonchev–Trinajstić information content (AvgIpc) is 2.72. The van der Waals surface area contributed by atoms with Crippen molar-refractivity contribution in [3.8, 4) is 0 Å². The van der Waals surface area contributed by atoms with E-state index in [1.807, 2.05) is 0 Å². The van der Waals surface area contributed by atoms with Gasteiger partial charge >= 0.3 is 0 Å². The van der Waals surface area contributed by atoms with Crippen LogP contribution >= 0.6 is 39.5 Å². The summed E-state index contributed by atoms with van der Waals surface area (Å²) in [6.45, 7) is 2.27. The number of thiophene rings is 1. The largest absolute Gasteiger partial charge is 0.362 e. The number of likely N-dealkylation sites (tertiary alicyclic amines) is 1. The molecule has 0 amide bonds. The number of nitrogens with zero attached hydrogens (tertiary/aromatic N) is 1. The van der Waals surface area contributed by atoms with Crippen LogP contribution in [0.15, 0.2) is 15.9 Å². The van der Waals surface area contributed by atoms with Gasteiger partial charge in [-0.05, 0) is 34.8 Å². The smallest absolute Gasteiger partial charge is 0.119 e. The highest BCUT2D eigenvalue weighted by molar-refractivity contribution is 9.10. The van der Waals surface area contributed by atoms with Gasteiger partial charge in [-0.15, -0.1) is 11.3 Å². The zero-order valence-electron chi connectivity index (χ0n) is 7.12. The second-order valence-electron chi connectivity index (χ2n) is 3.13. The number of thiocarbonyl (C=S) groups is 1. The quantitative estimate of drug-likeness (QED) is 0.724. The van der Waals surface area contributed by atoms with Crippen molar-refractivity contribution < 1.29 is 0 Å². The first-order valence-electron chi connectivity index (χ1n) is 4.31. The van der Waals surface area contributed by atoms with Gasteiger partial charge in [0, 0.05) is 22.9 Å². The molecule has 1 aromatic heterocycles. The zero-order valence-corrected chi connectivity index (χ0v) is 10.3. The van der Waals surface area contributed by atoms with E-state index in [1.54, 1.807) is 11.3 Å². The summed E-state index contributed by atoms with van der Waals surface area (Å²) in [7, 11) is 0. The molecule has 0 aliphatic carbocycles. The Morgan fingerprint density at radius 2 is 2.15 bits per heavy atom. The summed E-state index contributed by atoms with van der Waals surface area (Å²) in [6, 6.07) is 2.10. The molecule has 0 aromatic carbocycles. The SMILES string of the molecule is S=C(c1cc(Br)cs1)N1CCCC1. The molecule has 0 atom stereocenters. The van der Waals surface area contributed by atoms with Gasteiger partial charge in [0.1, 0.15) is 4.99 Å². The molecule has 1 nitrogen and oxygen atoms in total. The van der Waals surface area contributed by atoms with Crippen LogP contribution in [-0.4, -0.2) is 23.0 Å². The van der Waals surface area contributed by atoms with Crippen LogP contribution < -0.4 is 0 Å². The Balaban J connectivity index is 2.12. The second-order valence-corrected chi connectivity index (χ2v) is 5.34. The molecule has 0 radical (unpaired) electrons. The van der Waals surface area contributed by atoms with Crippen LogP contribution in [0.1, 0.15) is 17.7 Å². The van der Waals surface area contributed by atoms with Gasteiger partial charge in [-0.2, -0.15) is 0 Å². The first kappa shape index (κ1) is 9.62. The van der Waals surface area contributed by atoms with Crippen LogP contribution in [0.5, 0.6) is 0 Å². The molecule has 1 saturated heterocycles. The van der Waals surface area contributed by atoms with Crippen molar-refractivity contribution in [1.82, 2.24) is 4.90 Å². The highest BCUT2D eigenvalue weighted by atomic mass is 79.9. The Hall–Kier alpha value is 0.0700. The van der Waals surface area contributed by atoms with Gasteiger partial charge in [0.15, 0.2) is 0 Å². The summed E-state index contributed by atoms with van der Waals surface area (Å²) >= 11 is 10.6. The van der Waals surface area contributed by atoms with Crippen molar-refractivity contribution in [3.63, 3.8) is 0 Å². The lowest BCUT2D eigenvalue weighted by atomic mass is 10.4. The van der Waals surface area contributed by atoms with E-state index in [2.05, 4.69) is 32.3 Å². The molecule has 1 aromatic rings. The monoisotopic (exact) mass is 275 g/mol. The molecule has 4 heteroatoms. The van der Waals surface area contributed by atoms with E-state index in [4.69, 9.17) is 12.2 Å². The minimum atomic E-state index is 1.02. The van der Waals surface area contributed by atoms with Crippen LogP contribution in [0.25, 0.3) is 0 Å². The van der Waals surface area contributed by atoms with Crippen LogP contribution in [0.4, 0.5) is 0 Å².